The normalized spacial score (nSPS) is 21.1. The first-order valence-electron chi connectivity index (χ1n) is 9.26. The molecule has 5 heteroatoms. The highest BCUT2D eigenvalue weighted by atomic mass is 16.3. The van der Waals surface area contributed by atoms with Crippen molar-refractivity contribution in [3.8, 4) is 6.07 Å². The van der Waals surface area contributed by atoms with Crippen LogP contribution in [0.15, 0.2) is 40.8 Å². The number of carbonyl (C=O) groups is 1. The van der Waals surface area contributed by atoms with Gasteiger partial charge in [0.15, 0.2) is 0 Å². The summed E-state index contributed by atoms with van der Waals surface area (Å²) in [6.07, 6.45) is 3.66. The molecule has 2 aliphatic carbocycles. The lowest BCUT2D eigenvalue weighted by molar-refractivity contribution is 0.200. The van der Waals surface area contributed by atoms with Crippen LogP contribution in [0.2, 0.25) is 0 Å². The third kappa shape index (κ3) is 3.75. The summed E-state index contributed by atoms with van der Waals surface area (Å²) in [6.45, 7) is 2.74. The van der Waals surface area contributed by atoms with Crippen LogP contribution in [-0.4, -0.2) is 17.0 Å². The van der Waals surface area contributed by atoms with Crippen LogP contribution in [-0.2, 0) is 13.0 Å². The van der Waals surface area contributed by atoms with Crippen molar-refractivity contribution < 1.29 is 9.21 Å². The van der Waals surface area contributed by atoms with Crippen LogP contribution in [0.5, 0.6) is 0 Å². The number of hydrogen-bond acceptors (Lipinski definition) is 3. The van der Waals surface area contributed by atoms with E-state index in [-0.39, 0.29) is 6.03 Å². The fourth-order valence-corrected chi connectivity index (χ4v) is 3.31. The second kappa shape index (κ2) is 6.87. The van der Waals surface area contributed by atoms with Crippen LogP contribution in [0.25, 0.3) is 0 Å². The molecule has 0 bridgehead atoms. The molecule has 134 valence electrons. The highest BCUT2D eigenvalue weighted by Gasteiger charge is 2.37. The van der Waals surface area contributed by atoms with Crippen LogP contribution >= 0.6 is 0 Å². The molecule has 2 unspecified atom stereocenters. The molecule has 0 spiro atoms. The highest BCUT2D eigenvalue weighted by molar-refractivity contribution is 5.89. The smallest absolute Gasteiger partial charge is 0.322 e. The van der Waals surface area contributed by atoms with Crippen LogP contribution in [0.4, 0.5) is 10.5 Å². The number of nitrogens with zero attached hydrogens (tertiary/aromatic N) is 2. The van der Waals surface area contributed by atoms with Gasteiger partial charge in [0.2, 0.25) is 0 Å². The van der Waals surface area contributed by atoms with Gasteiger partial charge in [0, 0.05) is 17.6 Å². The Kier molecular flexibility index (Phi) is 4.42. The Bertz CT molecular complexity index is 830. The van der Waals surface area contributed by atoms with E-state index < -0.39 is 0 Å². The molecule has 1 N–H and O–H groups in total. The molecule has 2 aromatic rings. The molecule has 2 fully saturated rings. The number of hydrogen-bond donors (Lipinski definition) is 1. The summed E-state index contributed by atoms with van der Waals surface area (Å²) in [6, 6.07) is 13.8. The lowest BCUT2D eigenvalue weighted by Gasteiger charge is -2.22. The number of carbonyl (C=O) groups excluding carboxylic acids is 1. The summed E-state index contributed by atoms with van der Waals surface area (Å²) >= 11 is 0. The van der Waals surface area contributed by atoms with E-state index in [4.69, 9.17) is 9.68 Å². The minimum atomic E-state index is -0.0988. The van der Waals surface area contributed by atoms with Crippen LogP contribution in [0.1, 0.15) is 49.2 Å². The number of urea groups is 1. The number of anilines is 1. The molecule has 0 aliphatic heterocycles. The predicted octanol–water partition coefficient (Wildman–Crippen LogP) is 4.67. The van der Waals surface area contributed by atoms with Gasteiger partial charge in [0.1, 0.15) is 11.5 Å². The topological polar surface area (TPSA) is 69.3 Å². The van der Waals surface area contributed by atoms with Crippen molar-refractivity contribution in [2.75, 3.05) is 5.32 Å². The number of furan rings is 1. The van der Waals surface area contributed by atoms with E-state index in [0.29, 0.717) is 30.8 Å². The summed E-state index contributed by atoms with van der Waals surface area (Å²) in [4.78, 5) is 14.6. The second-order valence-corrected chi connectivity index (χ2v) is 7.44. The molecule has 0 radical (unpaired) electrons. The number of amides is 2. The van der Waals surface area contributed by atoms with Gasteiger partial charge in [-0.25, -0.2) is 4.79 Å². The first-order chi connectivity index (χ1) is 12.6. The zero-order valence-corrected chi connectivity index (χ0v) is 14.9. The number of nitriles is 1. The van der Waals surface area contributed by atoms with Gasteiger partial charge < -0.3 is 14.6 Å². The van der Waals surface area contributed by atoms with Gasteiger partial charge >= 0.3 is 6.03 Å². The summed E-state index contributed by atoms with van der Waals surface area (Å²) in [5.41, 5.74) is 1.69. The van der Waals surface area contributed by atoms with Crippen molar-refractivity contribution in [1.29, 1.82) is 5.26 Å². The molecular weight excluding hydrogens is 326 g/mol. The Balaban J connectivity index is 1.40. The number of rotatable bonds is 6. The Morgan fingerprint density at radius 1 is 1.27 bits per heavy atom. The Hall–Kier alpha value is -2.74. The largest absolute Gasteiger partial charge is 0.464 e. The van der Waals surface area contributed by atoms with Gasteiger partial charge in [-0.05, 0) is 55.0 Å². The van der Waals surface area contributed by atoms with Crippen molar-refractivity contribution in [1.82, 2.24) is 4.90 Å². The van der Waals surface area contributed by atoms with Gasteiger partial charge in [-0.15, -0.1) is 0 Å². The van der Waals surface area contributed by atoms with Crippen molar-refractivity contribution in [2.45, 2.75) is 51.1 Å². The second-order valence-electron chi connectivity index (χ2n) is 7.44. The average molecular weight is 349 g/mol. The van der Waals surface area contributed by atoms with E-state index in [1.807, 2.05) is 35.2 Å². The van der Waals surface area contributed by atoms with Crippen LogP contribution in [0, 0.1) is 17.2 Å². The molecular formula is C21H23N3O2. The first-order valence-corrected chi connectivity index (χ1v) is 9.26. The molecule has 2 saturated carbocycles. The van der Waals surface area contributed by atoms with E-state index in [0.717, 1.165) is 35.6 Å². The maximum absolute atomic E-state index is 12.7. The van der Waals surface area contributed by atoms with Crippen molar-refractivity contribution >= 4 is 11.7 Å². The van der Waals surface area contributed by atoms with Crippen LogP contribution < -0.4 is 5.32 Å². The predicted molar refractivity (Wildman–Crippen MR) is 98.6 cm³/mol. The van der Waals surface area contributed by atoms with E-state index in [9.17, 15) is 4.79 Å². The molecule has 2 aliphatic rings. The van der Waals surface area contributed by atoms with E-state index in [1.165, 1.54) is 6.42 Å². The average Bonchev–Trinajstić information content (AvgIpc) is 3.55. The summed E-state index contributed by atoms with van der Waals surface area (Å²) in [7, 11) is 0. The molecule has 4 rings (SSSR count). The molecule has 2 amide bonds. The Morgan fingerprint density at radius 2 is 2.00 bits per heavy atom. The fourth-order valence-electron chi connectivity index (χ4n) is 3.31. The van der Waals surface area contributed by atoms with E-state index in [1.54, 1.807) is 0 Å². The molecule has 1 aromatic carbocycles. The van der Waals surface area contributed by atoms with E-state index >= 15 is 0 Å². The first kappa shape index (κ1) is 16.7. The van der Waals surface area contributed by atoms with Gasteiger partial charge in [0.05, 0.1) is 19.0 Å². The van der Waals surface area contributed by atoms with Gasteiger partial charge in [-0.3, -0.25) is 0 Å². The molecule has 0 saturated heterocycles. The Labute approximate surface area is 153 Å². The minimum absolute atomic E-state index is 0.0988. The molecule has 5 nitrogen and oxygen atoms in total. The molecule has 1 heterocycles. The number of benzene rings is 1. The van der Waals surface area contributed by atoms with E-state index in [2.05, 4.69) is 24.4 Å². The maximum atomic E-state index is 12.7. The zero-order chi connectivity index (χ0) is 18.1. The van der Waals surface area contributed by atoms with Crippen molar-refractivity contribution in [3.63, 3.8) is 0 Å². The van der Waals surface area contributed by atoms with Crippen molar-refractivity contribution in [2.24, 2.45) is 5.92 Å². The summed E-state index contributed by atoms with van der Waals surface area (Å²) in [5, 5.41) is 11.7. The van der Waals surface area contributed by atoms with Gasteiger partial charge in [-0.1, -0.05) is 19.1 Å². The monoisotopic (exact) mass is 349 g/mol. The molecule has 1 aromatic heterocycles. The number of nitrogens with one attached hydrogen (secondary N) is 1. The molecule has 2 atom stereocenters. The Morgan fingerprint density at radius 3 is 2.62 bits per heavy atom. The maximum Gasteiger partial charge on any atom is 0.322 e. The van der Waals surface area contributed by atoms with Gasteiger partial charge in [-0.2, -0.15) is 5.26 Å². The third-order valence-electron chi connectivity index (χ3n) is 5.22. The van der Waals surface area contributed by atoms with Gasteiger partial charge in [0.25, 0.3) is 0 Å². The summed E-state index contributed by atoms with van der Waals surface area (Å²) < 4.78 is 5.98. The fraction of sp³-hybridized carbons (Fsp3) is 0.429. The minimum Gasteiger partial charge on any atom is -0.464 e. The van der Waals surface area contributed by atoms with Crippen molar-refractivity contribution in [3.05, 3.63) is 53.5 Å². The zero-order valence-electron chi connectivity index (χ0n) is 14.9. The summed E-state index contributed by atoms with van der Waals surface area (Å²) in [5.74, 6) is 3.17. The quantitative estimate of drug-likeness (QED) is 0.824. The standard InChI is InChI=1S/C21H23N3O2/c1-14-12-19(14)20-9-8-18(26-20)13-24(17-6-7-17)21(25)23-16-4-2-15(3-5-16)10-11-22/h2-5,8-9,14,17,19H,6-7,10,12-13H2,1H3,(H,23,25). The van der Waals surface area contributed by atoms with Crippen LogP contribution in [0.3, 0.4) is 0 Å². The SMILES string of the molecule is CC1CC1c1ccc(CN(C(=O)Nc2ccc(CC#N)cc2)C2CC2)o1. The highest BCUT2D eigenvalue weighted by Crippen LogP contribution is 2.47. The third-order valence-corrected chi connectivity index (χ3v) is 5.22. The molecule has 26 heavy (non-hydrogen) atoms. The lowest BCUT2D eigenvalue weighted by atomic mass is 10.1. The lowest BCUT2D eigenvalue weighted by Crippen LogP contribution is -2.36.